The smallest absolute Gasteiger partial charge is 0.338 e. The number of hydrogen-bond acceptors (Lipinski definition) is 5. The van der Waals surface area contributed by atoms with E-state index in [1.807, 2.05) is 38.1 Å². The maximum absolute atomic E-state index is 13.1. The molecule has 0 spiro atoms. The van der Waals surface area contributed by atoms with Gasteiger partial charge in [0.05, 0.1) is 18.2 Å². The summed E-state index contributed by atoms with van der Waals surface area (Å²) < 4.78 is 5.44. The van der Waals surface area contributed by atoms with Crippen molar-refractivity contribution in [3.63, 3.8) is 0 Å². The summed E-state index contributed by atoms with van der Waals surface area (Å²) in [5.74, 6) is -0.358. The van der Waals surface area contributed by atoms with Crippen LogP contribution in [-0.2, 0) is 9.53 Å². The zero-order valence-electron chi connectivity index (χ0n) is 17.9. The van der Waals surface area contributed by atoms with Crippen LogP contribution in [0.1, 0.15) is 31.0 Å². The van der Waals surface area contributed by atoms with Crippen LogP contribution >= 0.6 is 0 Å². The van der Waals surface area contributed by atoms with Crippen molar-refractivity contribution < 1.29 is 14.3 Å². The molecule has 2 heterocycles. The summed E-state index contributed by atoms with van der Waals surface area (Å²) >= 11 is 0. The average molecular weight is 401 g/mol. The summed E-state index contributed by atoms with van der Waals surface area (Å²) in [6, 6.07) is 7.18. The van der Waals surface area contributed by atoms with E-state index >= 15 is 0 Å². The van der Waals surface area contributed by atoms with Gasteiger partial charge in [-0.1, -0.05) is 24.3 Å². The predicted molar refractivity (Wildman–Crippen MR) is 112 cm³/mol. The quantitative estimate of drug-likeness (QED) is 0.742. The third kappa shape index (κ3) is 4.62. The highest BCUT2D eigenvalue weighted by Crippen LogP contribution is 2.33. The molecule has 3 rings (SSSR count). The highest BCUT2D eigenvalue weighted by Gasteiger charge is 2.38. The number of likely N-dealkylation sites (N-methyl/N-ethyl adjacent to an activating group) is 2. The third-order valence-electron chi connectivity index (χ3n) is 5.72. The van der Waals surface area contributed by atoms with Gasteiger partial charge in [-0.25, -0.2) is 9.59 Å². The van der Waals surface area contributed by atoms with Gasteiger partial charge in [-0.3, -0.25) is 9.80 Å². The number of hydrogen-bond donors (Lipinski definition) is 1. The molecule has 0 bridgehead atoms. The molecular weight excluding hydrogens is 368 g/mol. The van der Waals surface area contributed by atoms with Gasteiger partial charge in [0.15, 0.2) is 0 Å². The Labute approximate surface area is 173 Å². The summed E-state index contributed by atoms with van der Waals surface area (Å²) in [4.78, 5) is 32.3. The van der Waals surface area contributed by atoms with Gasteiger partial charge in [0.25, 0.3) is 0 Å². The van der Waals surface area contributed by atoms with Crippen molar-refractivity contribution in [1.29, 1.82) is 0 Å². The number of aryl methyl sites for hydroxylation is 1. The van der Waals surface area contributed by atoms with Gasteiger partial charge < -0.3 is 15.0 Å². The van der Waals surface area contributed by atoms with E-state index in [4.69, 9.17) is 4.74 Å². The summed E-state index contributed by atoms with van der Waals surface area (Å²) in [5.41, 5.74) is 3.26. The Kier molecular flexibility index (Phi) is 6.92. The Bertz CT molecular complexity index is 784. The van der Waals surface area contributed by atoms with E-state index < -0.39 is 6.04 Å². The van der Waals surface area contributed by atoms with Crippen LogP contribution in [0, 0.1) is 6.92 Å². The first-order valence-electron chi connectivity index (χ1n) is 10.4. The Hall–Kier alpha value is -2.38. The fourth-order valence-corrected chi connectivity index (χ4v) is 4.02. The van der Waals surface area contributed by atoms with Crippen LogP contribution in [0.2, 0.25) is 0 Å². The Morgan fingerprint density at radius 1 is 1.17 bits per heavy atom. The van der Waals surface area contributed by atoms with Crippen molar-refractivity contribution in [2.24, 2.45) is 0 Å². The monoisotopic (exact) mass is 400 g/mol. The number of ether oxygens (including phenoxy) is 1. The minimum Gasteiger partial charge on any atom is -0.463 e. The molecule has 0 radical (unpaired) electrons. The highest BCUT2D eigenvalue weighted by molar-refractivity contribution is 5.95. The van der Waals surface area contributed by atoms with Crippen molar-refractivity contribution in [1.82, 2.24) is 20.0 Å². The number of urea groups is 1. The molecule has 0 saturated carbocycles. The largest absolute Gasteiger partial charge is 0.463 e. The lowest BCUT2D eigenvalue weighted by molar-refractivity contribution is -0.139. The van der Waals surface area contributed by atoms with Crippen LogP contribution in [0.5, 0.6) is 0 Å². The highest BCUT2D eigenvalue weighted by atomic mass is 16.5. The number of nitrogens with zero attached hydrogens (tertiary/aromatic N) is 3. The molecule has 7 heteroatoms. The minimum absolute atomic E-state index is 0.169. The van der Waals surface area contributed by atoms with Gasteiger partial charge in [-0.2, -0.15) is 0 Å². The first-order chi connectivity index (χ1) is 14.0. The number of carbonyl (C=O) groups is 2. The number of carbonyl (C=O) groups excluding carboxylic acids is 2. The predicted octanol–water partition coefficient (Wildman–Crippen LogP) is 2.15. The first kappa shape index (κ1) is 21.3. The molecule has 1 saturated heterocycles. The second kappa shape index (κ2) is 9.41. The molecule has 1 aromatic rings. The number of piperazine rings is 1. The van der Waals surface area contributed by atoms with Gasteiger partial charge in [-0.15, -0.1) is 0 Å². The summed E-state index contributed by atoms with van der Waals surface area (Å²) in [6.45, 7) is 10.9. The van der Waals surface area contributed by atoms with Crippen molar-refractivity contribution in [2.75, 3.05) is 52.9 Å². The van der Waals surface area contributed by atoms with Crippen molar-refractivity contribution in [3.8, 4) is 0 Å². The normalized spacial score (nSPS) is 21.3. The number of rotatable bonds is 6. The molecule has 158 valence electrons. The maximum atomic E-state index is 13.1. The zero-order valence-corrected chi connectivity index (χ0v) is 17.9. The lowest BCUT2D eigenvalue weighted by atomic mass is 9.91. The van der Waals surface area contributed by atoms with Gasteiger partial charge in [0, 0.05) is 45.0 Å². The van der Waals surface area contributed by atoms with Crippen LogP contribution < -0.4 is 5.32 Å². The third-order valence-corrected chi connectivity index (χ3v) is 5.72. The fourth-order valence-electron chi connectivity index (χ4n) is 4.02. The molecule has 2 aliphatic heterocycles. The molecule has 0 aliphatic carbocycles. The number of nitrogens with one attached hydrogen (secondary N) is 1. The van der Waals surface area contributed by atoms with E-state index in [1.165, 1.54) is 0 Å². The molecule has 29 heavy (non-hydrogen) atoms. The minimum atomic E-state index is -0.506. The molecule has 2 aliphatic rings. The molecule has 1 fully saturated rings. The molecule has 2 amide bonds. The molecule has 7 nitrogen and oxygen atoms in total. The molecule has 1 aromatic carbocycles. The average Bonchev–Trinajstić information content (AvgIpc) is 2.70. The maximum Gasteiger partial charge on any atom is 0.338 e. The summed E-state index contributed by atoms with van der Waals surface area (Å²) in [7, 11) is 2.11. The van der Waals surface area contributed by atoms with Gasteiger partial charge in [-0.05, 0) is 38.9 Å². The molecule has 1 unspecified atom stereocenters. The summed E-state index contributed by atoms with van der Waals surface area (Å²) in [5, 5.41) is 3.04. The number of esters is 1. The Morgan fingerprint density at radius 2 is 1.86 bits per heavy atom. The van der Waals surface area contributed by atoms with Gasteiger partial charge >= 0.3 is 12.0 Å². The first-order valence-corrected chi connectivity index (χ1v) is 10.4. The lowest BCUT2D eigenvalue weighted by Gasteiger charge is -2.40. The second-order valence-electron chi connectivity index (χ2n) is 7.64. The Balaban J connectivity index is 2.07. The number of benzene rings is 1. The van der Waals surface area contributed by atoms with Gasteiger partial charge in [0.1, 0.15) is 0 Å². The van der Waals surface area contributed by atoms with Crippen LogP contribution in [0.15, 0.2) is 35.5 Å². The van der Waals surface area contributed by atoms with Crippen LogP contribution in [-0.4, -0.2) is 79.6 Å². The van der Waals surface area contributed by atoms with Crippen LogP contribution in [0.3, 0.4) is 0 Å². The van der Waals surface area contributed by atoms with Crippen molar-refractivity contribution >= 4 is 12.0 Å². The standard InChI is InChI=1S/C22H32N4O3/c1-5-26-18(15-25-13-11-24(4)12-14-25)19(21(27)29-6-2)20(23-22(26)28)17-10-8-7-9-16(17)3/h7-10,20H,5-6,11-15H2,1-4H3,(H,23,28). The molecule has 1 atom stereocenters. The molecule has 0 aromatic heterocycles. The van der Waals surface area contributed by atoms with E-state index in [1.54, 1.807) is 11.8 Å². The van der Waals surface area contributed by atoms with Crippen molar-refractivity contribution in [3.05, 3.63) is 46.7 Å². The van der Waals surface area contributed by atoms with Crippen molar-refractivity contribution in [2.45, 2.75) is 26.8 Å². The summed E-state index contributed by atoms with van der Waals surface area (Å²) in [6.07, 6.45) is 0. The Morgan fingerprint density at radius 3 is 2.48 bits per heavy atom. The topological polar surface area (TPSA) is 65.1 Å². The lowest BCUT2D eigenvalue weighted by Crippen LogP contribution is -2.52. The fraction of sp³-hybridized carbons (Fsp3) is 0.545. The van der Waals surface area contributed by atoms with Gasteiger partial charge in [0.2, 0.25) is 0 Å². The zero-order chi connectivity index (χ0) is 21.0. The van der Waals surface area contributed by atoms with E-state index in [9.17, 15) is 9.59 Å². The number of amides is 2. The van der Waals surface area contributed by atoms with E-state index in [2.05, 4.69) is 22.2 Å². The molecular formula is C22H32N4O3. The van der Waals surface area contributed by atoms with E-state index in [0.717, 1.165) is 43.0 Å². The second-order valence-corrected chi connectivity index (χ2v) is 7.64. The van der Waals surface area contributed by atoms with Crippen LogP contribution in [0.4, 0.5) is 4.79 Å². The van der Waals surface area contributed by atoms with Crippen LogP contribution in [0.25, 0.3) is 0 Å². The van der Waals surface area contributed by atoms with E-state index in [0.29, 0.717) is 25.3 Å². The molecule has 1 N–H and O–H groups in total. The SMILES string of the molecule is CCOC(=O)C1=C(CN2CCN(C)CC2)N(CC)C(=O)NC1c1ccccc1C. The van der Waals surface area contributed by atoms with E-state index in [-0.39, 0.29) is 12.0 Å².